The van der Waals surface area contributed by atoms with Crippen molar-refractivity contribution in [3.63, 3.8) is 0 Å². The number of hydrogen-bond acceptors (Lipinski definition) is 1. The van der Waals surface area contributed by atoms with Crippen LogP contribution in [0.2, 0.25) is 0 Å². The van der Waals surface area contributed by atoms with Crippen molar-refractivity contribution in [1.29, 1.82) is 0 Å². The highest BCUT2D eigenvalue weighted by Crippen LogP contribution is 2.60. The molecule has 4 atom stereocenters. The zero-order chi connectivity index (χ0) is 14.6. The molecule has 0 heterocycles. The Morgan fingerprint density at radius 1 is 1.48 bits per heavy atom. The number of carbonyl (C=O) groups is 1. The molecule has 0 aliphatic heterocycles. The van der Waals surface area contributed by atoms with Crippen LogP contribution in [0.1, 0.15) is 54.4 Å². The molecule has 1 fully saturated rings. The maximum Gasteiger partial charge on any atom is 0.163 e. The van der Waals surface area contributed by atoms with Gasteiger partial charge < -0.3 is 0 Å². The first-order valence-corrected chi connectivity index (χ1v) is 7.85. The normalized spacial score (nSPS) is 37.0. The van der Waals surface area contributed by atoms with Crippen molar-refractivity contribution in [1.82, 2.24) is 0 Å². The van der Waals surface area contributed by atoms with Gasteiger partial charge in [0.15, 0.2) is 5.78 Å². The molecule has 0 saturated heterocycles. The second-order valence-corrected chi connectivity index (χ2v) is 6.97. The first-order valence-electron chi connectivity index (χ1n) is 7.85. The molecule has 1 heteroatoms. The van der Waals surface area contributed by atoms with Crippen LogP contribution in [0.25, 0.3) is 0 Å². The van der Waals surface area contributed by atoms with E-state index in [4.69, 9.17) is 6.42 Å². The summed E-state index contributed by atoms with van der Waals surface area (Å²) in [5.41, 5.74) is 3.46. The van der Waals surface area contributed by atoms with Crippen LogP contribution in [-0.4, -0.2) is 5.78 Å². The third-order valence-electron chi connectivity index (χ3n) is 6.19. The minimum Gasteiger partial charge on any atom is -0.294 e. The van der Waals surface area contributed by atoms with E-state index in [0.29, 0.717) is 30.0 Å². The molecule has 0 unspecified atom stereocenters. The van der Waals surface area contributed by atoms with Crippen molar-refractivity contribution in [2.24, 2.45) is 17.3 Å². The van der Waals surface area contributed by atoms with Crippen LogP contribution in [-0.2, 0) is 0 Å². The van der Waals surface area contributed by atoms with E-state index < -0.39 is 0 Å². The zero-order valence-electron chi connectivity index (χ0n) is 12.4. The molecule has 4 rings (SSSR count). The Kier molecular flexibility index (Phi) is 2.67. The standard InChI is InChI=1S/C20H19O/c1-3-13-8-9-18-17-12-19(21)16-7-5-4-6-14(16)15(17)10-11-20(13,18)2/h1,4,6-8,15,17-18H,9-12H2,2H3/t15-,17-,18+,20-/m1/s1. The van der Waals surface area contributed by atoms with Gasteiger partial charge >= 0.3 is 0 Å². The van der Waals surface area contributed by atoms with Crippen LogP contribution in [0.15, 0.2) is 29.8 Å². The summed E-state index contributed by atoms with van der Waals surface area (Å²) in [6.07, 6.45) is 12.0. The highest BCUT2D eigenvalue weighted by atomic mass is 16.1. The van der Waals surface area contributed by atoms with E-state index in [1.165, 1.54) is 11.1 Å². The Bertz CT molecular complexity index is 690. The largest absolute Gasteiger partial charge is 0.294 e. The lowest BCUT2D eigenvalue weighted by Gasteiger charge is -2.49. The topological polar surface area (TPSA) is 17.1 Å². The summed E-state index contributed by atoms with van der Waals surface area (Å²) in [4.78, 5) is 12.5. The second-order valence-electron chi connectivity index (χ2n) is 6.97. The number of ketones is 1. The Balaban J connectivity index is 1.77. The first-order chi connectivity index (χ1) is 10.1. The molecular formula is C20H19O. The van der Waals surface area contributed by atoms with E-state index in [2.05, 4.69) is 31.1 Å². The van der Waals surface area contributed by atoms with Crippen molar-refractivity contribution < 1.29 is 4.79 Å². The van der Waals surface area contributed by atoms with Gasteiger partial charge in [-0.1, -0.05) is 31.1 Å². The van der Waals surface area contributed by atoms with Crippen LogP contribution < -0.4 is 0 Å². The molecule has 0 spiro atoms. The van der Waals surface area contributed by atoms with E-state index in [1.807, 2.05) is 12.1 Å². The number of benzene rings is 1. The van der Waals surface area contributed by atoms with Crippen molar-refractivity contribution in [3.05, 3.63) is 47.0 Å². The number of terminal acetylenes is 1. The van der Waals surface area contributed by atoms with Gasteiger partial charge in [-0.3, -0.25) is 4.79 Å². The third-order valence-corrected chi connectivity index (χ3v) is 6.19. The lowest BCUT2D eigenvalue weighted by Crippen LogP contribution is -2.42. The molecule has 0 amide bonds. The van der Waals surface area contributed by atoms with E-state index in [1.54, 1.807) is 0 Å². The zero-order valence-corrected chi connectivity index (χ0v) is 12.4. The average molecular weight is 275 g/mol. The predicted octanol–water partition coefficient (Wildman–Crippen LogP) is 4.15. The Labute approximate surface area is 126 Å². The van der Waals surface area contributed by atoms with Gasteiger partial charge in [-0.15, -0.1) is 6.42 Å². The SMILES string of the molecule is C#CC1=CC[C@H]2[C@@H]3CC(=O)c4c[c]ccc4[C@H]3CC[C@]12C. The molecule has 1 radical (unpaired) electrons. The molecule has 1 nitrogen and oxygen atoms in total. The van der Waals surface area contributed by atoms with Crippen LogP contribution in [0.4, 0.5) is 0 Å². The van der Waals surface area contributed by atoms with Gasteiger partial charge in [0.1, 0.15) is 0 Å². The molecule has 3 aliphatic carbocycles. The van der Waals surface area contributed by atoms with Crippen LogP contribution in [0, 0.1) is 35.7 Å². The van der Waals surface area contributed by atoms with Crippen LogP contribution in [0.3, 0.4) is 0 Å². The maximum atomic E-state index is 12.5. The minimum absolute atomic E-state index is 0.120. The number of rotatable bonds is 0. The highest BCUT2D eigenvalue weighted by molar-refractivity contribution is 5.99. The van der Waals surface area contributed by atoms with Crippen molar-refractivity contribution in [2.75, 3.05) is 0 Å². The number of carbonyl (C=O) groups excluding carboxylic acids is 1. The van der Waals surface area contributed by atoms with Gasteiger partial charge in [0, 0.05) is 23.0 Å². The Hall–Kier alpha value is -1.81. The fourth-order valence-electron chi connectivity index (χ4n) is 5.08. The molecule has 1 aromatic rings. The fourth-order valence-corrected chi connectivity index (χ4v) is 5.08. The van der Waals surface area contributed by atoms with Crippen LogP contribution in [0.5, 0.6) is 0 Å². The number of fused-ring (bicyclic) bond motifs is 5. The van der Waals surface area contributed by atoms with E-state index in [-0.39, 0.29) is 5.41 Å². The summed E-state index contributed by atoms with van der Waals surface area (Å²) in [6.45, 7) is 2.31. The van der Waals surface area contributed by atoms with E-state index >= 15 is 0 Å². The lowest BCUT2D eigenvalue weighted by molar-refractivity contribution is 0.0637. The summed E-state index contributed by atoms with van der Waals surface area (Å²) < 4.78 is 0. The number of allylic oxidation sites excluding steroid dienone is 2. The minimum atomic E-state index is 0.120. The monoisotopic (exact) mass is 275 g/mol. The molecule has 21 heavy (non-hydrogen) atoms. The summed E-state index contributed by atoms with van der Waals surface area (Å²) in [6, 6.07) is 8.99. The van der Waals surface area contributed by atoms with Crippen molar-refractivity contribution in [2.45, 2.75) is 38.5 Å². The maximum absolute atomic E-state index is 12.5. The Morgan fingerprint density at radius 2 is 2.33 bits per heavy atom. The Morgan fingerprint density at radius 3 is 3.14 bits per heavy atom. The molecule has 0 aromatic heterocycles. The molecule has 1 aromatic carbocycles. The predicted molar refractivity (Wildman–Crippen MR) is 82.8 cm³/mol. The van der Waals surface area contributed by atoms with E-state index in [0.717, 1.165) is 24.8 Å². The summed E-state index contributed by atoms with van der Waals surface area (Å²) >= 11 is 0. The smallest absolute Gasteiger partial charge is 0.163 e. The quantitative estimate of drug-likeness (QED) is 0.650. The van der Waals surface area contributed by atoms with Gasteiger partial charge in [0.05, 0.1) is 0 Å². The molecule has 3 aliphatic rings. The fraction of sp³-hybridized carbons (Fsp3) is 0.450. The van der Waals surface area contributed by atoms with E-state index in [9.17, 15) is 4.79 Å². The second kappa shape index (κ2) is 4.34. The van der Waals surface area contributed by atoms with Gasteiger partial charge in [-0.05, 0) is 54.7 Å². The van der Waals surface area contributed by atoms with Crippen LogP contribution >= 0.6 is 0 Å². The molecule has 0 bridgehead atoms. The van der Waals surface area contributed by atoms with Gasteiger partial charge in [0.2, 0.25) is 0 Å². The third kappa shape index (κ3) is 1.62. The highest BCUT2D eigenvalue weighted by Gasteiger charge is 2.52. The van der Waals surface area contributed by atoms with Gasteiger partial charge in [0.25, 0.3) is 0 Å². The van der Waals surface area contributed by atoms with Gasteiger partial charge in [-0.25, -0.2) is 0 Å². The summed E-state index contributed by atoms with van der Waals surface area (Å²) in [5.74, 6) is 4.70. The van der Waals surface area contributed by atoms with Crippen molar-refractivity contribution in [3.8, 4) is 12.3 Å². The number of hydrogen-bond donors (Lipinski definition) is 0. The summed E-state index contributed by atoms with van der Waals surface area (Å²) in [7, 11) is 0. The van der Waals surface area contributed by atoms with Crippen molar-refractivity contribution >= 4 is 5.78 Å². The lowest BCUT2D eigenvalue weighted by atomic mass is 9.54. The number of Topliss-reactive ketones (excluding diaryl/α,β-unsaturated/α-hetero) is 1. The first kappa shape index (κ1) is 12.9. The molecule has 1 saturated carbocycles. The molecule has 105 valence electrons. The average Bonchev–Trinajstić information content (AvgIpc) is 2.84. The molecular weight excluding hydrogens is 256 g/mol. The van der Waals surface area contributed by atoms with Gasteiger partial charge in [-0.2, -0.15) is 0 Å². The molecule has 0 N–H and O–H groups in total. The summed E-state index contributed by atoms with van der Waals surface area (Å²) in [5, 5.41) is 0.